The van der Waals surface area contributed by atoms with Gasteiger partial charge in [0, 0.05) is 12.2 Å². The van der Waals surface area contributed by atoms with Gasteiger partial charge in [-0.25, -0.2) is 8.42 Å². The van der Waals surface area contributed by atoms with E-state index in [0.29, 0.717) is 24.3 Å². The van der Waals surface area contributed by atoms with Gasteiger partial charge in [-0.2, -0.15) is 0 Å². The quantitative estimate of drug-likeness (QED) is 0.732. The molecule has 0 radical (unpaired) electrons. The van der Waals surface area contributed by atoms with E-state index in [9.17, 15) is 13.2 Å². The van der Waals surface area contributed by atoms with E-state index in [4.69, 9.17) is 0 Å². The maximum atomic E-state index is 12.0. The molecule has 1 unspecified atom stereocenters. The largest absolute Gasteiger partial charge is 0.326 e. The summed E-state index contributed by atoms with van der Waals surface area (Å²) in [5.41, 5.74) is 1.06. The summed E-state index contributed by atoms with van der Waals surface area (Å²) in [7, 11) is -3.32. The predicted molar refractivity (Wildman–Crippen MR) is 91.0 cm³/mol. The Morgan fingerprint density at radius 1 is 1.36 bits per heavy atom. The average molecular weight is 348 g/mol. The maximum Gasteiger partial charge on any atom is 0.232 e. The topological polar surface area (TPSA) is 87.3 Å². The SMILES string of the molecule is CCCS(=O)(=O)Nc1cccc(NC(=O)C2CCNC2)c1.Cl. The number of anilines is 2. The van der Waals surface area contributed by atoms with E-state index < -0.39 is 10.0 Å². The van der Waals surface area contributed by atoms with Crippen LogP contribution in [0.25, 0.3) is 0 Å². The molecule has 0 aliphatic carbocycles. The molecule has 1 aromatic carbocycles. The van der Waals surface area contributed by atoms with Crippen molar-refractivity contribution in [2.75, 3.05) is 28.9 Å². The summed E-state index contributed by atoms with van der Waals surface area (Å²) in [5.74, 6) is 0.0242. The molecular formula is C14H22ClN3O3S. The number of amides is 1. The summed E-state index contributed by atoms with van der Waals surface area (Å²) in [6.45, 7) is 3.36. The number of benzene rings is 1. The summed E-state index contributed by atoms with van der Waals surface area (Å²) < 4.78 is 26.0. The zero-order valence-corrected chi connectivity index (χ0v) is 14.1. The number of carbonyl (C=O) groups excluding carboxylic acids is 1. The molecule has 1 fully saturated rings. The van der Waals surface area contributed by atoms with Crippen LogP contribution in [0.4, 0.5) is 11.4 Å². The Hall–Kier alpha value is -1.31. The van der Waals surface area contributed by atoms with Crippen LogP contribution in [0.15, 0.2) is 24.3 Å². The van der Waals surface area contributed by atoms with Crippen LogP contribution < -0.4 is 15.4 Å². The van der Waals surface area contributed by atoms with Crippen molar-refractivity contribution in [3.63, 3.8) is 0 Å². The normalized spacial score (nSPS) is 17.6. The van der Waals surface area contributed by atoms with Gasteiger partial charge >= 0.3 is 0 Å². The van der Waals surface area contributed by atoms with Crippen molar-refractivity contribution < 1.29 is 13.2 Å². The average Bonchev–Trinajstić information content (AvgIpc) is 2.92. The van der Waals surface area contributed by atoms with Crippen molar-refractivity contribution in [1.82, 2.24) is 5.32 Å². The Morgan fingerprint density at radius 3 is 2.73 bits per heavy atom. The molecule has 1 amide bonds. The molecule has 2 rings (SSSR count). The van der Waals surface area contributed by atoms with Gasteiger partial charge < -0.3 is 10.6 Å². The summed E-state index contributed by atoms with van der Waals surface area (Å²) in [5, 5.41) is 5.97. The highest BCUT2D eigenvalue weighted by Crippen LogP contribution is 2.18. The van der Waals surface area contributed by atoms with Crippen LogP contribution in [0.1, 0.15) is 19.8 Å². The van der Waals surface area contributed by atoms with E-state index in [1.165, 1.54) is 0 Å². The van der Waals surface area contributed by atoms with Crippen LogP contribution in [0.5, 0.6) is 0 Å². The van der Waals surface area contributed by atoms with Crippen molar-refractivity contribution in [1.29, 1.82) is 0 Å². The highest BCUT2D eigenvalue weighted by molar-refractivity contribution is 7.92. The van der Waals surface area contributed by atoms with Gasteiger partial charge in [0.1, 0.15) is 0 Å². The first-order valence-electron chi connectivity index (χ1n) is 7.12. The second kappa shape index (κ2) is 8.36. The van der Waals surface area contributed by atoms with E-state index in [0.717, 1.165) is 13.0 Å². The van der Waals surface area contributed by atoms with E-state index in [-0.39, 0.29) is 30.0 Å². The Bertz CT molecular complexity index is 601. The number of nitrogens with one attached hydrogen (secondary N) is 3. The lowest BCUT2D eigenvalue weighted by Crippen LogP contribution is -2.24. The Balaban J connectivity index is 0.00000242. The van der Waals surface area contributed by atoms with Crippen molar-refractivity contribution in [3.8, 4) is 0 Å². The zero-order valence-electron chi connectivity index (χ0n) is 12.5. The van der Waals surface area contributed by atoms with Gasteiger partial charge in [-0.15, -0.1) is 12.4 Å². The highest BCUT2D eigenvalue weighted by atomic mass is 35.5. The lowest BCUT2D eigenvalue weighted by atomic mass is 10.1. The fraction of sp³-hybridized carbons (Fsp3) is 0.500. The van der Waals surface area contributed by atoms with Crippen LogP contribution in [0, 0.1) is 5.92 Å². The van der Waals surface area contributed by atoms with Crippen LogP contribution in [-0.2, 0) is 14.8 Å². The predicted octanol–water partition coefficient (Wildman–Crippen LogP) is 1.81. The van der Waals surface area contributed by atoms with Crippen LogP contribution in [-0.4, -0.2) is 33.2 Å². The number of carbonyl (C=O) groups is 1. The molecule has 1 aliphatic heterocycles. The van der Waals surface area contributed by atoms with E-state index in [1.54, 1.807) is 24.3 Å². The van der Waals surface area contributed by atoms with E-state index in [1.807, 2.05) is 6.92 Å². The maximum absolute atomic E-state index is 12.0. The molecule has 6 nitrogen and oxygen atoms in total. The fourth-order valence-corrected chi connectivity index (χ4v) is 3.41. The van der Waals surface area contributed by atoms with Gasteiger partial charge in [0.2, 0.25) is 15.9 Å². The second-order valence-corrected chi connectivity index (χ2v) is 7.02. The number of halogens is 1. The molecule has 1 aliphatic rings. The molecule has 22 heavy (non-hydrogen) atoms. The molecule has 1 atom stereocenters. The first-order chi connectivity index (χ1) is 10.00. The van der Waals surface area contributed by atoms with Crippen molar-refractivity contribution in [2.45, 2.75) is 19.8 Å². The van der Waals surface area contributed by atoms with Gasteiger partial charge in [-0.1, -0.05) is 13.0 Å². The number of hydrogen-bond donors (Lipinski definition) is 3. The van der Waals surface area contributed by atoms with Crippen LogP contribution >= 0.6 is 12.4 Å². The molecular weight excluding hydrogens is 326 g/mol. The standard InChI is InChI=1S/C14H21N3O3S.ClH/c1-2-8-21(19,20)17-13-5-3-4-12(9-13)16-14(18)11-6-7-15-10-11;/h3-5,9,11,15,17H,2,6-8,10H2,1H3,(H,16,18);1H. The van der Waals surface area contributed by atoms with Crippen molar-refractivity contribution >= 4 is 39.7 Å². The monoisotopic (exact) mass is 347 g/mol. The first-order valence-corrected chi connectivity index (χ1v) is 8.77. The van der Waals surface area contributed by atoms with Gasteiger partial charge in [-0.05, 0) is 37.6 Å². The molecule has 3 N–H and O–H groups in total. The highest BCUT2D eigenvalue weighted by Gasteiger charge is 2.22. The summed E-state index contributed by atoms with van der Waals surface area (Å²) >= 11 is 0. The smallest absolute Gasteiger partial charge is 0.232 e. The molecule has 0 bridgehead atoms. The molecule has 124 valence electrons. The first kappa shape index (κ1) is 18.7. The molecule has 0 spiro atoms. The lowest BCUT2D eigenvalue weighted by Gasteiger charge is -2.12. The molecule has 1 saturated heterocycles. The molecule has 0 aromatic heterocycles. The summed E-state index contributed by atoms with van der Waals surface area (Å²) in [6.07, 6.45) is 1.38. The minimum absolute atomic E-state index is 0. The zero-order chi connectivity index (χ0) is 15.3. The van der Waals surface area contributed by atoms with Crippen molar-refractivity contribution in [2.24, 2.45) is 5.92 Å². The number of hydrogen-bond acceptors (Lipinski definition) is 4. The lowest BCUT2D eigenvalue weighted by molar-refractivity contribution is -0.119. The molecule has 8 heteroatoms. The molecule has 0 saturated carbocycles. The van der Waals surface area contributed by atoms with E-state index >= 15 is 0 Å². The van der Waals surface area contributed by atoms with Crippen LogP contribution in [0.2, 0.25) is 0 Å². The molecule has 1 aromatic rings. The third kappa shape index (κ3) is 5.47. The number of sulfonamides is 1. The minimum atomic E-state index is -3.32. The third-order valence-corrected chi connectivity index (χ3v) is 4.80. The fourth-order valence-electron chi connectivity index (χ4n) is 2.28. The van der Waals surface area contributed by atoms with Gasteiger partial charge in [0.05, 0.1) is 17.4 Å². The summed E-state index contributed by atoms with van der Waals surface area (Å²) in [6, 6.07) is 6.76. The number of rotatable bonds is 6. The molecule has 1 heterocycles. The summed E-state index contributed by atoms with van der Waals surface area (Å²) in [4.78, 5) is 12.0. The second-order valence-electron chi connectivity index (χ2n) is 5.18. The van der Waals surface area contributed by atoms with Crippen molar-refractivity contribution in [3.05, 3.63) is 24.3 Å². The Kier molecular flexibility index (Phi) is 7.12. The van der Waals surface area contributed by atoms with E-state index in [2.05, 4.69) is 15.4 Å². The minimum Gasteiger partial charge on any atom is -0.326 e. The van der Waals surface area contributed by atoms with Crippen LogP contribution in [0.3, 0.4) is 0 Å². The van der Waals surface area contributed by atoms with Gasteiger partial charge in [0.25, 0.3) is 0 Å². The Morgan fingerprint density at radius 2 is 2.09 bits per heavy atom. The van der Waals surface area contributed by atoms with Gasteiger partial charge in [0.15, 0.2) is 0 Å². The third-order valence-electron chi connectivity index (χ3n) is 3.31. The van der Waals surface area contributed by atoms with Gasteiger partial charge in [-0.3, -0.25) is 9.52 Å². The Labute approximate surface area is 137 Å².